The summed E-state index contributed by atoms with van der Waals surface area (Å²) in [7, 11) is 2.19. The van der Waals surface area contributed by atoms with E-state index >= 15 is 0 Å². The van der Waals surface area contributed by atoms with E-state index in [9.17, 15) is 0 Å². The summed E-state index contributed by atoms with van der Waals surface area (Å²) in [5.74, 6) is 1.16. The summed E-state index contributed by atoms with van der Waals surface area (Å²) in [5, 5.41) is 0. The Bertz CT molecular complexity index is 371. The molecule has 1 aromatic rings. The van der Waals surface area contributed by atoms with Crippen LogP contribution in [0.2, 0.25) is 0 Å². The molecular formula is C14H23BrN2S. The lowest BCUT2D eigenvalue weighted by Gasteiger charge is -2.30. The first kappa shape index (κ1) is 15.9. The van der Waals surface area contributed by atoms with Gasteiger partial charge < -0.3 is 10.6 Å². The Hall–Kier alpha value is -0.190. The van der Waals surface area contributed by atoms with Crippen molar-refractivity contribution in [1.82, 2.24) is 0 Å². The maximum Gasteiger partial charge on any atom is 0.0400 e. The van der Waals surface area contributed by atoms with Crippen molar-refractivity contribution in [2.75, 3.05) is 30.5 Å². The first-order valence-corrected chi connectivity index (χ1v) is 8.53. The number of hydrogen-bond acceptors (Lipinski definition) is 3. The Balaban J connectivity index is 2.98. The molecule has 102 valence electrons. The van der Waals surface area contributed by atoms with Gasteiger partial charge in [-0.25, -0.2) is 0 Å². The van der Waals surface area contributed by atoms with Gasteiger partial charge in [-0.3, -0.25) is 0 Å². The normalized spacial score (nSPS) is 12.5. The van der Waals surface area contributed by atoms with Gasteiger partial charge in [-0.05, 0) is 49.4 Å². The number of nitrogens with zero attached hydrogens (tertiary/aromatic N) is 1. The molecule has 0 heterocycles. The zero-order valence-electron chi connectivity index (χ0n) is 11.4. The fraction of sp³-hybridized carbons (Fsp3) is 0.571. The molecule has 0 aliphatic heterocycles. The van der Waals surface area contributed by atoms with Crippen LogP contribution in [-0.2, 0) is 6.42 Å². The Morgan fingerprint density at radius 3 is 2.72 bits per heavy atom. The van der Waals surface area contributed by atoms with Gasteiger partial charge in [0, 0.05) is 29.0 Å². The number of anilines is 1. The van der Waals surface area contributed by atoms with Crippen LogP contribution < -0.4 is 10.6 Å². The molecule has 2 nitrogen and oxygen atoms in total. The van der Waals surface area contributed by atoms with Crippen LogP contribution in [0.1, 0.15) is 18.9 Å². The molecule has 1 aromatic carbocycles. The molecule has 0 saturated heterocycles. The van der Waals surface area contributed by atoms with E-state index in [1.54, 1.807) is 0 Å². The molecule has 1 rings (SSSR count). The lowest BCUT2D eigenvalue weighted by atomic mass is 10.1. The number of rotatable bonds is 7. The van der Waals surface area contributed by atoms with Crippen LogP contribution in [0.3, 0.4) is 0 Å². The van der Waals surface area contributed by atoms with Crippen LogP contribution in [0.5, 0.6) is 0 Å². The van der Waals surface area contributed by atoms with Crippen molar-refractivity contribution < 1.29 is 0 Å². The van der Waals surface area contributed by atoms with E-state index in [1.807, 2.05) is 11.8 Å². The van der Waals surface area contributed by atoms with E-state index in [0.29, 0.717) is 12.6 Å². The van der Waals surface area contributed by atoms with Crippen molar-refractivity contribution in [3.05, 3.63) is 28.2 Å². The largest absolute Gasteiger partial charge is 0.371 e. The summed E-state index contributed by atoms with van der Waals surface area (Å²) in [4.78, 5) is 2.40. The second-order valence-corrected chi connectivity index (χ2v) is 6.27. The van der Waals surface area contributed by atoms with E-state index in [-0.39, 0.29) is 0 Å². The molecule has 0 radical (unpaired) electrons. The highest BCUT2D eigenvalue weighted by Crippen LogP contribution is 2.27. The lowest BCUT2D eigenvalue weighted by molar-refractivity contribution is 0.670. The van der Waals surface area contributed by atoms with Crippen LogP contribution in [-0.4, -0.2) is 31.6 Å². The third-order valence-corrected chi connectivity index (χ3v) is 4.42. The van der Waals surface area contributed by atoms with Crippen molar-refractivity contribution >= 4 is 33.4 Å². The zero-order valence-corrected chi connectivity index (χ0v) is 13.9. The smallest absolute Gasteiger partial charge is 0.0400 e. The second kappa shape index (κ2) is 8.08. The molecule has 0 saturated carbocycles. The highest BCUT2D eigenvalue weighted by atomic mass is 79.9. The number of nitrogens with two attached hydrogens (primary N) is 1. The van der Waals surface area contributed by atoms with Crippen LogP contribution in [0.25, 0.3) is 0 Å². The van der Waals surface area contributed by atoms with E-state index in [2.05, 4.69) is 59.3 Å². The minimum absolute atomic E-state index is 0.581. The highest BCUT2D eigenvalue weighted by molar-refractivity contribution is 9.10. The van der Waals surface area contributed by atoms with Crippen LogP contribution in [0.15, 0.2) is 22.7 Å². The third kappa shape index (κ3) is 4.18. The Morgan fingerprint density at radius 2 is 2.17 bits per heavy atom. The van der Waals surface area contributed by atoms with Gasteiger partial charge in [0.2, 0.25) is 0 Å². The Kier molecular flexibility index (Phi) is 7.12. The van der Waals surface area contributed by atoms with Crippen molar-refractivity contribution in [2.24, 2.45) is 5.73 Å². The third-order valence-electron chi connectivity index (χ3n) is 3.21. The predicted octanol–water partition coefficient (Wildman–Crippen LogP) is 3.53. The van der Waals surface area contributed by atoms with Crippen molar-refractivity contribution in [3.8, 4) is 0 Å². The van der Waals surface area contributed by atoms with Crippen LogP contribution in [0.4, 0.5) is 5.69 Å². The minimum Gasteiger partial charge on any atom is -0.371 e. The highest BCUT2D eigenvalue weighted by Gasteiger charge is 2.15. The number of halogens is 1. The molecule has 2 N–H and O–H groups in total. The summed E-state index contributed by atoms with van der Waals surface area (Å²) in [6.45, 7) is 2.94. The van der Waals surface area contributed by atoms with Crippen LogP contribution >= 0.6 is 27.7 Å². The molecule has 0 bridgehead atoms. The molecule has 0 aliphatic carbocycles. The molecule has 0 amide bonds. The van der Waals surface area contributed by atoms with Gasteiger partial charge >= 0.3 is 0 Å². The van der Waals surface area contributed by atoms with Crippen molar-refractivity contribution in [1.29, 1.82) is 0 Å². The summed E-state index contributed by atoms with van der Waals surface area (Å²) in [6.07, 6.45) is 4.25. The number of benzene rings is 1. The standard InChI is InChI=1S/C14H23BrN2S/c1-4-13(10-18-3)17(2)14-6-5-12(15)9-11(14)7-8-16/h5-6,9,13H,4,7-8,10,16H2,1-3H3. The van der Waals surface area contributed by atoms with E-state index in [1.165, 1.54) is 11.3 Å². The average molecular weight is 331 g/mol. The first-order valence-electron chi connectivity index (χ1n) is 6.34. The minimum atomic E-state index is 0.581. The molecule has 0 fully saturated rings. The van der Waals surface area contributed by atoms with Gasteiger partial charge in [0.15, 0.2) is 0 Å². The van der Waals surface area contributed by atoms with Gasteiger partial charge in [-0.15, -0.1) is 0 Å². The van der Waals surface area contributed by atoms with Gasteiger partial charge in [0.05, 0.1) is 0 Å². The predicted molar refractivity (Wildman–Crippen MR) is 87.8 cm³/mol. The average Bonchev–Trinajstić information content (AvgIpc) is 2.36. The van der Waals surface area contributed by atoms with Crippen LogP contribution in [0, 0.1) is 0 Å². The molecule has 4 heteroatoms. The van der Waals surface area contributed by atoms with Gasteiger partial charge in [0.25, 0.3) is 0 Å². The molecule has 1 unspecified atom stereocenters. The van der Waals surface area contributed by atoms with Gasteiger partial charge in [-0.1, -0.05) is 22.9 Å². The topological polar surface area (TPSA) is 29.3 Å². The molecular weight excluding hydrogens is 308 g/mol. The van der Waals surface area contributed by atoms with E-state index < -0.39 is 0 Å². The van der Waals surface area contributed by atoms with E-state index in [4.69, 9.17) is 5.73 Å². The molecule has 0 aliphatic rings. The zero-order chi connectivity index (χ0) is 13.5. The molecule has 0 spiro atoms. The fourth-order valence-corrected chi connectivity index (χ4v) is 3.40. The van der Waals surface area contributed by atoms with Crippen molar-refractivity contribution in [2.45, 2.75) is 25.8 Å². The number of hydrogen-bond donors (Lipinski definition) is 1. The quantitative estimate of drug-likeness (QED) is 0.829. The Labute approximate surface area is 123 Å². The first-order chi connectivity index (χ1) is 8.63. The Morgan fingerprint density at radius 1 is 1.44 bits per heavy atom. The molecule has 18 heavy (non-hydrogen) atoms. The van der Waals surface area contributed by atoms with Crippen molar-refractivity contribution in [3.63, 3.8) is 0 Å². The summed E-state index contributed by atoms with van der Waals surface area (Å²) in [5.41, 5.74) is 8.35. The summed E-state index contributed by atoms with van der Waals surface area (Å²) in [6, 6.07) is 7.07. The van der Waals surface area contributed by atoms with Gasteiger partial charge in [-0.2, -0.15) is 11.8 Å². The SMILES string of the molecule is CCC(CSC)N(C)c1ccc(Br)cc1CCN. The van der Waals surface area contributed by atoms with E-state index in [0.717, 1.165) is 23.1 Å². The summed E-state index contributed by atoms with van der Waals surface area (Å²) < 4.78 is 1.13. The van der Waals surface area contributed by atoms with Gasteiger partial charge in [0.1, 0.15) is 0 Å². The monoisotopic (exact) mass is 330 g/mol. The molecule has 0 aromatic heterocycles. The molecule has 1 atom stereocenters. The fourth-order valence-electron chi connectivity index (χ4n) is 2.15. The maximum absolute atomic E-state index is 5.71. The summed E-state index contributed by atoms with van der Waals surface area (Å²) >= 11 is 5.44. The maximum atomic E-state index is 5.71. The lowest BCUT2D eigenvalue weighted by Crippen LogP contribution is -2.34. The second-order valence-electron chi connectivity index (χ2n) is 4.44. The number of thioether (sulfide) groups is 1.